The Kier molecular flexibility index (Phi) is 6.15. The third kappa shape index (κ3) is 4.66. The van der Waals surface area contributed by atoms with Gasteiger partial charge in [0.1, 0.15) is 11.5 Å². The summed E-state index contributed by atoms with van der Waals surface area (Å²) in [6, 6.07) is 0. The van der Waals surface area contributed by atoms with Crippen molar-refractivity contribution < 1.29 is 4.74 Å². The van der Waals surface area contributed by atoms with Gasteiger partial charge < -0.3 is 15.8 Å². The average Bonchev–Trinajstić information content (AvgIpc) is 2.29. The zero-order valence-electron chi connectivity index (χ0n) is 11.2. The summed E-state index contributed by atoms with van der Waals surface area (Å²) in [6.07, 6.45) is 1.67. The number of nitrogens with two attached hydrogens (primary N) is 1. The predicted octanol–water partition coefficient (Wildman–Crippen LogP) is 2.36. The summed E-state index contributed by atoms with van der Waals surface area (Å²) in [5.74, 6) is 1.81. The highest BCUT2D eigenvalue weighted by Crippen LogP contribution is 2.24. The molecule has 0 fully saturated rings. The molecule has 5 nitrogen and oxygen atoms in total. The first-order chi connectivity index (χ1) is 8.54. The van der Waals surface area contributed by atoms with Crippen molar-refractivity contribution in [2.24, 2.45) is 5.92 Å². The van der Waals surface area contributed by atoms with E-state index in [0.717, 1.165) is 25.2 Å². The molecule has 0 atom stereocenters. The number of nitrogen functional groups attached to an aromatic ring is 1. The summed E-state index contributed by atoms with van der Waals surface area (Å²) in [5, 5.41) is 3.48. The van der Waals surface area contributed by atoms with Gasteiger partial charge in [-0.1, -0.05) is 25.4 Å². The second kappa shape index (κ2) is 7.38. The van der Waals surface area contributed by atoms with Gasteiger partial charge in [0.05, 0.1) is 0 Å². The van der Waals surface area contributed by atoms with E-state index in [1.165, 1.54) is 0 Å². The molecule has 0 bridgehead atoms. The number of halogens is 1. The van der Waals surface area contributed by atoms with Crippen LogP contribution < -0.4 is 11.1 Å². The molecule has 102 valence electrons. The number of rotatable bonds is 7. The Morgan fingerprint density at radius 3 is 2.72 bits per heavy atom. The Labute approximate surface area is 113 Å². The fraction of sp³-hybridized carbons (Fsp3) is 0.667. The molecule has 1 aromatic rings. The first-order valence-electron chi connectivity index (χ1n) is 6.09. The van der Waals surface area contributed by atoms with E-state index in [1.54, 1.807) is 7.11 Å². The summed E-state index contributed by atoms with van der Waals surface area (Å²) < 4.78 is 4.98. The summed E-state index contributed by atoms with van der Waals surface area (Å²) >= 11 is 6.00. The quantitative estimate of drug-likeness (QED) is 0.589. The van der Waals surface area contributed by atoms with Crippen LogP contribution in [-0.4, -0.2) is 30.2 Å². The lowest BCUT2D eigenvalue weighted by Gasteiger charge is -2.11. The largest absolute Gasteiger partial charge is 0.393 e. The maximum atomic E-state index is 6.00. The van der Waals surface area contributed by atoms with Crippen molar-refractivity contribution in [2.45, 2.75) is 26.7 Å². The molecule has 1 heterocycles. The molecule has 0 unspecified atom stereocenters. The maximum Gasteiger partial charge on any atom is 0.157 e. The van der Waals surface area contributed by atoms with Crippen molar-refractivity contribution in [1.29, 1.82) is 0 Å². The molecule has 0 radical (unpaired) electrons. The molecule has 0 aliphatic heterocycles. The minimum Gasteiger partial charge on any atom is -0.393 e. The molecule has 1 aromatic heterocycles. The van der Waals surface area contributed by atoms with Crippen molar-refractivity contribution in [3.8, 4) is 0 Å². The predicted molar refractivity (Wildman–Crippen MR) is 75.0 cm³/mol. The van der Waals surface area contributed by atoms with E-state index in [-0.39, 0.29) is 0 Å². The third-order valence-electron chi connectivity index (χ3n) is 2.35. The van der Waals surface area contributed by atoms with Crippen LogP contribution in [0.25, 0.3) is 0 Å². The van der Waals surface area contributed by atoms with Crippen LogP contribution in [0.3, 0.4) is 0 Å². The fourth-order valence-corrected chi connectivity index (χ4v) is 1.69. The van der Waals surface area contributed by atoms with E-state index in [4.69, 9.17) is 22.1 Å². The minimum atomic E-state index is 0.315. The van der Waals surface area contributed by atoms with Crippen molar-refractivity contribution in [3.63, 3.8) is 0 Å². The molecule has 0 saturated heterocycles. The molecule has 3 N–H and O–H groups in total. The van der Waals surface area contributed by atoms with Gasteiger partial charge in [-0.25, -0.2) is 9.97 Å². The van der Waals surface area contributed by atoms with Crippen LogP contribution >= 0.6 is 11.6 Å². The molecule has 0 amide bonds. The molecule has 0 aliphatic rings. The van der Waals surface area contributed by atoms with Crippen LogP contribution in [0.15, 0.2) is 0 Å². The summed E-state index contributed by atoms with van der Waals surface area (Å²) in [5.41, 5.74) is 6.25. The molecule has 0 aromatic carbocycles. The van der Waals surface area contributed by atoms with Gasteiger partial charge in [0, 0.05) is 26.7 Å². The van der Waals surface area contributed by atoms with Gasteiger partial charge in [-0.2, -0.15) is 0 Å². The first kappa shape index (κ1) is 15.0. The van der Waals surface area contributed by atoms with Gasteiger partial charge in [0.15, 0.2) is 11.0 Å². The number of nitrogens with one attached hydrogen (secondary N) is 1. The molecule has 0 aliphatic carbocycles. The number of hydrogen-bond acceptors (Lipinski definition) is 5. The normalized spacial score (nSPS) is 10.9. The molecule has 6 heteroatoms. The lowest BCUT2D eigenvalue weighted by molar-refractivity contribution is 0.198. The second-order valence-electron chi connectivity index (χ2n) is 4.56. The van der Waals surface area contributed by atoms with Crippen molar-refractivity contribution in [1.82, 2.24) is 9.97 Å². The van der Waals surface area contributed by atoms with E-state index in [0.29, 0.717) is 29.2 Å². The van der Waals surface area contributed by atoms with Crippen LogP contribution in [-0.2, 0) is 11.2 Å². The van der Waals surface area contributed by atoms with E-state index < -0.39 is 0 Å². The van der Waals surface area contributed by atoms with Crippen LogP contribution in [0, 0.1) is 5.92 Å². The molecule has 1 rings (SSSR count). The Balaban J connectivity index is 2.72. The number of ether oxygens (including phenoxy) is 1. The van der Waals surface area contributed by atoms with E-state index in [1.807, 2.05) is 0 Å². The van der Waals surface area contributed by atoms with Crippen LogP contribution in [0.5, 0.6) is 0 Å². The molecular formula is C12H21ClN4O. The number of methoxy groups -OCH3 is 1. The van der Waals surface area contributed by atoms with E-state index in [9.17, 15) is 0 Å². The summed E-state index contributed by atoms with van der Waals surface area (Å²) in [7, 11) is 1.68. The number of hydrogen-bond donors (Lipinski definition) is 2. The number of nitrogens with zero attached hydrogens (tertiary/aromatic N) is 2. The standard InChI is InChI=1S/C12H21ClN4O/c1-8(2)7-9-16-11(13)10(14)12(17-9)15-5-4-6-18-3/h8H,4-7,14H2,1-3H3,(H,15,16,17). The van der Waals surface area contributed by atoms with E-state index >= 15 is 0 Å². The molecule has 0 spiro atoms. The fourth-order valence-electron chi connectivity index (χ4n) is 1.50. The second-order valence-corrected chi connectivity index (χ2v) is 4.92. The highest BCUT2D eigenvalue weighted by Gasteiger charge is 2.10. The monoisotopic (exact) mass is 272 g/mol. The smallest absolute Gasteiger partial charge is 0.157 e. The Morgan fingerprint density at radius 2 is 2.11 bits per heavy atom. The minimum absolute atomic E-state index is 0.315. The maximum absolute atomic E-state index is 6.00. The van der Waals surface area contributed by atoms with Gasteiger partial charge in [0.2, 0.25) is 0 Å². The average molecular weight is 273 g/mol. The number of anilines is 2. The first-order valence-corrected chi connectivity index (χ1v) is 6.47. The SMILES string of the molecule is COCCCNc1nc(CC(C)C)nc(Cl)c1N. The van der Waals surface area contributed by atoms with Crippen molar-refractivity contribution >= 4 is 23.1 Å². The van der Waals surface area contributed by atoms with Crippen LogP contribution in [0.2, 0.25) is 5.15 Å². The Hall–Kier alpha value is -1.07. The van der Waals surface area contributed by atoms with Crippen molar-refractivity contribution in [2.75, 3.05) is 31.3 Å². The molecular weight excluding hydrogens is 252 g/mol. The highest BCUT2D eigenvalue weighted by molar-refractivity contribution is 6.32. The zero-order valence-corrected chi connectivity index (χ0v) is 11.9. The molecule has 18 heavy (non-hydrogen) atoms. The van der Waals surface area contributed by atoms with E-state index in [2.05, 4.69) is 29.1 Å². The summed E-state index contributed by atoms with van der Waals surface area (Å²) in [6.45, 7) is 5.66. The third-order valence-corrected chi connectivity index (χ3v) is 2.64. The topological polar surface area (TPSA) is 73.1 Å². The van der Waals surface area contributed by atoms with Gasteiger partial charge >= 0.3 is 0 Å². The highest BCUT2D eigenvalue weighted by atomic mass is 35.5. The lowest BCUT2D eigenvalue weighted by atomic mass is 10.1. The molecule has 0 saturated carbocycles. The Morgan fingerprint density at radius 1 is 1.39 bits per heavy atom. The van der Waals surface area contributed by atoms with Crippen LogP contribution in [0.4, 0.5) is 11.5 Å². The van der Waals surface area contributed by atoms with Crippen LogP contribution in [0.1, 0.15) is 26.1 Å². The van der Waals surface area contributed by atoms with Crippen molar-refractivity contribution in [3.05, 3.63) is 11.0 Å². The lowest BCUT2D eigenvalue weighted by Crippen LogP contribution is -2.12. The van der Waals surface area contributed by atoms with Gasteiger partial charge in [-0.15, -0.1) is 0 Å². The van der Waals surface area contributed by atoms with Gasteiger partial charge in [0.25, 0.3) is 0 Å². The Bertz CT molecular complexity index is 385. The summed E-state index contributed by atoms with van der Waals surface area (Å²) in [4.78, 5) is 8.58. The number of aromatic nitrogens is 2. The van der Waals surface area contributed by atoms with Gasteiger partial charge in [-0.05, 0) is 12.3 Å². The van der Waals surface area contributed by atoms with Gasteiger partial charge in [-0.3, -0.25) is 0 Å². The zero-order chi connectivity index (χ0) is 13.5.